The molecular formula is C32H30INO4. The Hall–Kier alpha value is -3.46. The third-order valence-electron chi connectivity index (χ3n) is 6.83. The fourth-order valence-electron chi connectivity index (χ4n) is 4.87. The third-order valence-corrected chi connectivity index (χ3v) is 6.83. The van der Waals surface area contributed by atoms with Crippen LogP contribution in [0.2, 0.25) is 0 Å². The summed E-state index contributed by atoms with van der Waals surface area (Å²) in [5, 5.41) is 20.5. The van der Waals surface area contributed by atoms with Crippen molar-refractivity contribution in [2.45, 2.75) is 13.2 Å². The standard InChI is InChI=1S/C32H30NO4.HI/c1-33-18-26(13-25-14-27(19-34)28(20-35)16-30(25)33)24-15-29(32(37-3)31(17-24)36-2)23-11-9-22(10-12-23)21-7-5-4-6-8-21;/h4-18,34-35H,19-20H2,1-3H3;1H/q+1;/p-1. The van der Waals surface area contributed by atoms with Crippen LogP contribution >= 0.6 is 0 Å². The maximum absolute atomic E-state index is 9.80. The zero-order valence-corrected chi connectivity index (χ0v) is 23.8. The molecule has 194 valence electrons. The van der Waals surface area contributed by atoms with Crippen molar-refractivity contribution in [3.8, 4) is 44.9 Å². The molecule has 4 aromatic carbocycles. The summed E-state index contributed by atoms with van der Waals surface area (Å²) in [6.45, 7) is -0.241. The number of aliphatic hydroxyl groups excluding tert-OH is 2. The molecule has 0 fully saturated rings. The molecule has 0 aliphatic heterocycles. The first-order valence-electron chi connectivity index (χ1n) is 12.2. The highest BCUT2D eigenvalue weighted by Crippen LogP contribution is 2.42. The van der Waals surface area contributed by atoms with Crippen LogP contribution in [0, 0.1) is 0 Å². The van der Waals surface area contributed by atoms with Crippen molar-refractivity contribution in [3.05, 3.63) is 102 Å². The second-order valence-electron chi connectivity index (χ2n) is 9.04. The Bertz CT molecular complexity index is 1570. The summed E-state index contributed by atoms with van der Waals surface area (Å²) in [5.41, 5.74) is 8.68. The van der Waals surface area contributed by atoms with Crippen LogP contribution in [0.15, 0.2) is 91.1 Å². The number of aromatic nitrogens is 1. The molecule has 0 saturated heterocycles. The van der Waals surface area contributed by atoms with Crippen molar-refractivity contribution in [1.82, 2.24) is 0 Å². The van der Waals surface area contributed by atoms with Gasteiger partial charge in [0.15, 0.2) is 17.7 Å². The fraction of sp³-hybridized carbons (Fsp3) is 0.156. The van der Waals surface area contributed by atoms with E-state index in [9.17, 15) is 10.2 Å². The van der Waals surface area contributed by atoms with Gasteiger partial charge in [0.2, 0.25) is 5.52 Å². The maximum Gasteiger partial charge on any atom is 0.212 e. The number of rotatable bonds is 7. The Morgan fingerprint density at radius 1 is 0.658 bits per heavy atom. The van der Waals surface area contributed by atoms with Gasteiger partial charge in [-0.15, -0.1) is 0 Å². The van der Waals surface area contributed by atoms with Gasteiger partial charge in [-0.2, -0.15) is 0 Å². The van der Waals surface area contributed by atoms with Crippen molar-refractivity contribution in [3.63, 3.8) is 0 Å². The zero-order chi connectivity index (χ0) is 25.9. The number of ether oxygens (including phenoxy) is 2. The minimum absolute atomic E-state index is 0. The van der Waals surface area contributed by atoms with Crippen LogP contribution in [0.5, 0.6) is 11.5 Å². The number of fused-ring (bicyclic) bond motifs is 1. The van der Waals surface area contributed by atoms with E-state index in [1.54, 1.807) is 14.2 Å². The van der Waals surface area contributed by atoms with Crippen LogP contribution in [0.25, 0.3) is 44.3 Å². The van der Waals surface area contributed by atoms with Crippen LogP contribution in [0.1, 0.15) is 11.1 Å². The maximum atomic E-state index is 9.80. The minimum atomic E-state index is -0.126. The first-order chi connectivity index (χ1) is 18.1. The number of aliphatic hydroxyl groups is 2. The summed E-state index contributed by atoms with van der Waals surface area (Å²) in [5.74, 6) is 1.33. The number of nitrogens with zero attached hydrogens (tertiary/aromatic N) is 1. The first-order valence-corrected chi connectivity index (χ1v) is 12.2. The summed E-state index contributed by atoms with van der Waals surface area (Å²) in [6.07, 6.45) is 2.06. The average Bonchev–Trinajstić information content (AvgIpc) is 2.96. The molecular weight excluding hydrogens is 589 g/mol. The van der Waals surface area contributed by atoms with E-state index in [4.69, 9.17) is 9.47 Å². The van der Waals surface area contributed by atoms with Gasteiger partial charge >= 0.3 is 0 Å². The number of aryl methyl sites for hydroxylation is 1. The Balaban J connectivity index is 0.00000336. The Morgan fingerprint density at radius 3 is 1.92 bits per heavy atom. The van der Waals surface area contributed by atoms with E-state index in [0.717, 1.165) is 49.8 Å². The molecule has 0 bridgehead atoms. The summed E-state index contributed by atoms with van der Waals surface area (Å²) in [6, 6.07) is 28.8. The molecule has 2 N–H and O–H groups in total. The topological polar surface area (TPSA) is 62.8 Å². The normalized spacial score (nSPS) is 10.8. The van der Waals surface area contributed by atoms with Gasteiger partial charge in [0.1, 0.15) is 7.05 Å². The summed E-state index contributed by atoms with van der Waals surface area (Å²) >= 11 is 0. The lowest BCUT2D eigenvalue weighted by atomic mass is 9.95. The molecule has 0 unspecified atom stereocenters. The summed E-state index contributed by atoms with van der Waals surface area (Å²) in [7, 11) is 5.29. The molecule has 6 heteroatoms. The summed E-state index contributed by atoms with van der Waals surface area (Å²) in [4.78, 5) is 0. The van der Waals surface area contributed by atoms with E-state index >= 15 is 0 Å². The monoisotopic (exact) mass is 619 g/mol. The number of benzene rings is 4. The Morgan fingerprint density at radius 2 is 1.29 bits per heavy atom. The van der Waals surface area contributed by atoms with Crippen molar-refractivity contribution in [1.29, 1.82) is 0 Å². The van der Waals surface area contributed by atoms with Crippen molar-refractivity contribution in [2.75, 3.05) is 14.2 Å². The fourth-order valence-corrected chi connectivity index (χ4v) is 4.87. The van der Waals surface area contributed by atoms with Gasteiger partial charge in [0.25, 0.3) is 0 Å². The van der Waals surface area contributed by atoms with E-state index in [1.165, 1.54) is 5.56 Å². The number of methoxy groups -OCH3 is 2. The first kappa shape index (κ1) is 27.6. The molecule has 5 rings (SSSR count). The molecule has 0 atom stereocenters. The molecule has 1 aromatic heterocycles. The van der Waals surface area contributed by atoms with Gasteiger partial charge in [-0.25, -0.2) is 4.57 Å². The highest BCUT2D eigenvalue weighted by Gasteiger charge is 2.18. The highest BCUT2D eigenvalue weighted by atomic mass is 127. The SMILES string of the molecule is COc1cc(-c2cc3cc(CO)c(CO)cc3[n+](C)c2)cc(-c2ccc(-c3ccccc3)cc2)c1OC.[I-]. The lowest BCUT2D eigenvalue weighted by molar-refractivity contribution is -0.644. The number of hydrogen-bond acceptors (Lipinski definition) is 4. The van der Waals surface area contributed by atoms with Gasteiger partial charge in [-0.1, -0.05) is 54.6 Å². The van der Waals surface area contributed by atoms with Gasteiger partial charge < -0.3 is 43.7 Å². The highest BCUT2D eigenvalue weighted by molar-refractivity contribution is 5.86. The van der Waals surface area contributed by atoms with Gasteiger partial charge in [-0.3, -0.25) is 0 Å². The van der Waals surface area contributed by atoms with Gasteiger partial charge in [0.05, 0.1) is 27.4 Å². The molecule has 0 aliphatic rings. The lowest BCUT2D eigenvalue weighted by Gasteiger charge is -2.16. The third kappa shape index (κ3) is 5.25. The Kier molecular flexibility index (Phi) is 8.66. The van der Waals surface area contributed by atoms with E-state index < -0.39 is 0 Å². The molecule has 0 radical (unpaired) electrons. The minimum Gasteiger partial charge on any atom is -1.00 e. The molecule has 0 spiro atoms. The largest absolute Gasteiger partial charge is 1.00 e. The van der Waals surface area contributed by atoms with Crippen molar-refractivity contribution >= 4 is 10.9 Å². The molecule has 38 heavy (non-hydrogen) atoms. The smallest absolute Gasteiger partial charge is 0.212 e. The lowest BCUT2D eigenvalue weighted by Crippen LogP contribution is -3.00. The predicted octanol–water partition coefficient (Wildman–Crippen LogP) is 2.67. The molecule has 5 aromatic rings. The molecule has 0 saturated carbocycles. The van der Waals surface area contributed by atoms with Crippen LogP contribution in [0.3, 0.4) is 0 Å². The number of hydrogen-bond donors (Lipinski definition) is 2. The number of halogens is 1. The van der Waals surface area contributed by atoms with E-state index in [-0.39, 0.29) is 37.2 Å². The number of pyridine rings is 1. The second kappa shape index (κ2) is 11.9. The second-order valence-corrected chi connectivity index (χ2v) is 9.04. The predicted molar refractivity (Wildman–Crippen MR) is 146 cm³/mol. The molecule has 5 nitrogen and oxygen atoms in total. The molecule has 0 amide bonds. The van der Waals surface area contributed by atoms with E-state index in [0.29, 0.717) is 11.5 Å². The van der Waals surface area contributed by atoms with E-state index in [2.05, 4.69) is 54.7 Å². The van der Waals surface area contributed by atoms with Crippen LogP contribution < -0.4 is 38.0 Å². The summed E-state index contributed by atoms with van der Waals surface area (Å²) < 4.78 is 13.6. The van der Waals surface area contributed by atoms with Crippen molar-refractivity contribution in [2.24, 2.45) is 7.05 Å². The van der Waals surface area contributed by atoms with Crippen LogP contribution in [-0.2, 0) is 20.3 Å². The quantitative estimate of drug-likeness (QED) is 0.218. The van der Waals surface area contributed by atoms with E-state index in [1.807, 2.05) is 48.0 Å². The average molecular weight is 619 g/mol. The van der Waals surface area contributed by atoms with Gasteiger partial charge in [-0.05, 0) is 57.6 Å². The zero-order valence-electron chi connectivity index (χ0n) is 21.6. The van der Waals surface area contributed by atoms with Crippen molar-refractivity contribution < 1.29 is 48.2 Å². The van der Waals surface area contributed by atoms with Crippen LogP contribution in [-0.4, -0.2) is 24.4 Å². The Labute approximate surface area is 239 Å². The van der Waals surface area contributed by atoms with Gasteiger partial charge in [0, 0.05) is 22.6 Å². The molecule has 1 heterocycles. The molecule has 0 aliphatic carbocycles. The van der Waals surface area contributed by atoms with Crippen LogP contribution in [0.4, 0.5) is 0 Å².